The van der Waals surface area contributed by atoms with E-state index in [2.05, 4.69) is 10.6 Å². The normalized spacial score (nSPS) is 29.4. The number of carbonyl (C=O) groups is 2. The van der Waals surface area contributed by atoms with Gasteiger partial charge >= 0.3 is 12.0 Å². The van der Waals surface area contributed by atoms with Gasteiger partial charge in [-0.15, -0.1) is 0 Å². The summed E-state index contributed by atoms with van der Waals surface area (Å²) in [5.41, 5.74) is 0.971. The Balaban J connectivity index is 1.71. The van der Waals surface area contributed by atoms with Crippen LogP contribution in [0.25, 0.3) is 0 Å². The molecular weight excluding hydrogens is 416 g/mol. The molecule has 0 radical (unpaired) electrons. The molecule has 0 bridgehead atoms. The van der Waals surface area contributed by atoms with E-state index in [1.807, 2.05) is 44.2 Å². The molecule has 6 atom stereocenters. The first-order valence-corrected chi connectivity index (χ1v) is 11.2. The van der Waals surface area contributed by atoms with Crippen LogP contribution in [0.3, 0.4) is 0 Å². The Kier molecular flexibility index (Phi) is 8.86. The second-order valence-electron chi connectivity index (χ2n) is 8.43. The van der Waals surface area contributed by atoms with Crippen LogP contribution >= 0.6 is 0 Å². The number of aliphatic hydroxyl groups is 1. The number of hydrogen-bond donors (Lipinski definition) is 3. The van der Waals surface area contributed by atoms with Crippen molar-refractivity contribution in [1.82, 2.24) is 10.6 Å². The number of benzene rings is 1. The van der Waals surface area contributed by atoms with Gasteiger partial charge in [0, 0.05) is 25.4 Å². The monoisotopic (exact) mass is 450 g/mol. The van der Waals surface area contributed by atoms with Crippen LogP contribution in [-0.4, -0.2) is 72.9 Å². The lowest BCUT2D eigenvalue weighted by Gasteiger charge is -2.42. The van der Waals surface area contributed by atoms with Crippen molar-refractivity contribution in [2.24, 2.45) is 0 Å². The second kappa shape index (κ2) is 11.6. The SMILES string of the molecule is CCC(=O)O[C@H]1[C@H](OCc2ccccc2)[C@H]2OC(CNC(=O)NC(C)C)C[C@H]2O[C@@H]1CO. The van der Waals surface area contributed by atoms with Gasteiger partial charge < -0.3 is 34.7 Å². The maximum absolute atomic E-state index is 12.1. The summed E-state index contributed by atoms with van der Waals surface area (Å²) in [6.07, 6.45) is -2.52. The number of carbonyl (C=O) groups excluding carboxylic acids is 2. The van der Waals surface area contributed by atoms with Crippen molar-refractivity contribution in [2.75, 3.05) is 13.2 Å². The first-order valence-electron chi connectivity index (χ1n) is 11.2. The molecular formula is C23H34N2O7. The number of rotatable bonds is 9. The van der Waals surface area contributed by atoms with Crippen molar-refractivity contribution in [3.8, 4) is 0 Å². The highest BCUT2D eigenvalue weighted by molar-refractivity contribution is 5.74. The number of hydrogen-bond acceptors (Lipinski definition) is 7. The Labute approximate surface area is 188 Å². The lowest BCUT2D eigenvalue weighted by Crippen LogP contribution is -2.59. The third-order valence-electron chi connectivity index (χ3n) is 5.51. The van der Waals surface area contributed by atoms with Crippen LogP contribution in [0, 0.1) is 0 Å². The molecule has 0 spiro atoms. The summed E-state index contributed by atoms with van der Waals surface area (Å²) in [4.78, 5) is 24.0. The van der Waals surface area contributed by atoms with Crippen molar-refractivity contribution in [3.63, 3.8) is 0 Å². The van der Waals surface area contributed by atoms with Crippen LogP contribution in [-0.2, 0) is 30.3 Å². The van der Waals surface area contributed by atoms with Crippen LogP contribution in [0.2, 0.25) is 0 Å². The molecule has 0 saturated carbocycles. The molecule has 1 aromatic rings. The molecule has 178 valence electrons. The van der Waals surface area contributed by atoms with E-state index in [9.17, 15) is 14.7 Å². The molecule has 2 heterocycles. The van der Waals surface area contributed by atoms with Crippen molar-refractivity contribution >= 4 is 12.0 Å². The Hall–Kier alpha value is -2.20. The van der Waals surface area contributed by atoms with Crippen molar-refractivity contribution in [3.05, 3.63) is 35.9 Å². The summed E-state index contributed by atoms with van der Waals surface area (Å²) in [5.74, 6) is -0.398. The number of esters is 1. The maximum Gasteiger partial charge on any atom is 0.315 e. The number of urea groups is 1. The largest absolute Gasteiger partial charge is 0.457 e. The average Bonchev–Trinajstić information content (AvgIpc) is 3.19. The topological polar surface area (TPSA) is 115 Å². The molecule has 9 nitrogen and oxygen atoms in total. The Bertz CT molecular complexity index is 745. The van der Waals surface area contributed by atoms with Gasteiger partial charge in [-0.05, 0) is 19.4 Å². The highest BCUT2D eigenvalue weighted by Gasteiger charge is 2.53. The zero-order valence-electron chi connectivity index (χ0n) is 18.9. The zero-order valence-corrected chi connectivity index (χ0v) is 18.9. The van der Waals surface area contributed by atoms with Gasteiger partial charge in [0.25, 0.3) is 0 Å². The van der Waals surface area contributed by atoms with Gasteiger partial charge in [-0.2, -0.15) is 0 Å². The quantitative estimate of drug-likeness (QED) is 0.489. The van der Waals surface area contributed by atoms with Gasteiger partial charge in [-0.1, -0.05) is 37.3 Å². The van der Waals surface area contributed by atoms with E-state index in [0.29, 0.717) is 19.6 Å². The van der Waals surface area contributed by atoms with Crippen molar-refractivity contribution in [2.45, 2.75) is 82.9 Å². The van der Waals surface area contributed by atoms with Gasteiger partial charge in [-0.3, -0.25) is 4.79 Å². The summed E-state index contributed by atoms with van der Waals surface area (Å²) in [7, 11) is 0. The lowest BCUT2D eigenvalue weighted by atomic mass is 9.94. The molecule has 1 aromatic carbocycles. The van der Waals surface area contributed by atoms with Gasteiger partial charge in [0.05, 0.1) is 25.4 Å². The fraction of sp³-hybridized carbons (Fsp3) is 0.652. The first kappa shape index (κ1) is 24.4. The molecule has 2 saturated heterocycles. The van der Waals surface area contributed by atoms with Crippen LogP contribution in [0.1, 0.15) is 39.2 Å². The minimum atomic E-state index is -0.798. The third-order valence-corrected chi connectivity index (χ3v) is 5.51. The van der Waals surface area contributed by atoms with E-state index >= 15 is 0 Å². The van der Waals surface area contributed by atoms with E-state index in [0.717, 1.165) is 5.56 Å². The van der Waals surface area contributed by atoms with E-state index in [4.69, 9.17) is 18.9 Å². The number of aliphatic hydroxyl groups excluding tert-OH is 1. The fourth-order valence-corrected chi connectivity index (χ4v) is 4.01. The smallest absolute Gasteiger partial charge is 0.315 e. The molecule has 0 aliphatic carbocycles. The molecule has 2 fully saturated rings. The number of fused-ring (bicyclic) bond motifs is 1. The minimum absolute atomic E-state index is 0.0282. The maximum atomic E-state index is 12.1. The van der Waals surface area contributed by atoms with E-state index in [1.165, 1.54) is 0 Å². The Morgan fingerprint density at radius 1 is 1.19 bits per heavy atom. The molecule has 3 N–H and O–H groups in total. The molecule has 0 aromatic heterocycles. The van der Waals surface area contributed by atoms with E-state index in [-0.39, 0.29) is 37.3 Å². The number of nitrogens with one attached hydrogen (secondary N) is 2. The minimum Gasteiger partial charge on any atom is -0.457 e. The number of ether oxygens (including phenoxy) is 4. The molecule has 1 unspecified atom stereocenters. The van der Waals surface area contributed by atoms with E-state index in [1.54, 1.807) is 6.92 Å². The van der Waals surface area contributed by atoms with Crippen molar-refractivity contribution < 1.29 is 33.6 Å². The molecule has 32 heavy (non-hydrogen) atoms. The zero-order chi connectivity index (χ0) is 23.1. The Morgan fingerprint density at radius 2 is 1.94 bits per heavy atom. The van der Waals surface area contributed by atoms with Gasteiger partial charge in [0.1, 0.15) is 18.3 Å². The summed E-state index contributed by atoms with van der Waals surface area (Å²) < 4.78 is 24.1. The first-order chi connectivity index (χ1) is 15.4. The summed E-state index contributed by atoms with van der Waals surface area (Å²) >= 11 is 0. The van der Waals surface area contributed by atoms with Gasteiger partial charge in [0.15, 0.2) is 6.10 Å². The highest BCUT2D eigenvalue weighted by atomic mass is 16.6. The molecule has 3 rings (SSSR count). The highest BCUT2D eigenvalue weighted by Crippen LogP contribution is 2.36. The van der Waals surface area contributed by atoms with Crippen LogP contribution < -0.4 is 10.6 Å². The third kappa shape index (κ3) is 6.41. The molecule has 2 aliphatic heterocycles. The van der Waals surface area contributed by atoms with Crippen LogP contribution in [0.5, 0.6) is 0 Å². The molecule has 2 aliphatic rings. The predicted octanol–water partition coefficient (Wildman–Crippen LogP) is 1.52. The second-order valence-corrected chi connectivity index (χ2v) is 8.43. The summed E-state index contributed by atoms with van der Waals surface area (Å²) in [6.45, 7) is 5.78. The van der Waals surface area contributed by atoms with Crippen LogP contribution in [0.15, 0.2) is 30.3 Å². The Morgan fingerprint density at radius 3 is 2.59 bits per heavy atom. The summed E-state index contributed by atoms with van der Waals surface area (Å²) in [6, 6.07) is 9.43. The van der Waals surface area contributed by atoms with Crippen molar-refractivity contribution in [1.29, 1.82) is 0 Å². The van der Waals surface area contributed by atoms with Gasteiger partial charge in [-0.25, -0.2) is 4.79 Å². The van der Waals surface area contributed by atoms with Crippen LogP contribution in [0.4, 0.5) is 4.79 Å². The lowest BCUT2D eigenvalue weighted by molar-refractivity contribution is -0.243. The fourth-order valence-electron chi connectivity index (χ4n) is 4.01. The van der Waals surface area contributed by atoms with Gasteiger partial charge in [0.2, 0.25) is 0 Å². The molecule has 9 heteroatoms. The number of amides is 2. The summed E-state index contributed by atoms with van der Waals surface area (Å²) in [5, 5.41) is 15.5. The predicted molar refractivity (Wildman–Crippen MR) is 116 cm³/mol. The van der Waals surface area contributed by atoms with E-state index < -0.39 is 30.4 Å². The molecule has 2 amide bonds. The average molecular weight is 451 g/mol. The standard InChI is InChI=1S/C23H34N2O7/c1-4-19(27)32-21-18(12-26)31-17-10-16(11-24-23(28)25-14(2)3)30-20(17)22(21)29-13-15-8-6-5-7-9-15/h5-9,14,16-18,20-22,26H,4,10-13H2,1-3H3,(H2,24,25,28)/t16?,17-,18-,20+,21-,22-/m1/s1.